The Balaban J connectivity index is 4.29. The second-order valence-corrected chi connectivity index (χ2v) is 6.24. The minimum atomic E-state index is -5.85. The fourth-order valence-corrected chi connectivity index (χ4v) is 1.42. The Kier molecular flexibility index (Phi) is 5.92. The summed E-state index contributed by atoms with van der Waals surface area (Å²) in [7, 11) is 0.245. The molecule has 0 spiro atoms. The summed E-state index contributed by atoms with van der Waals surface area (Å²) in [5.74, 6) is -5.21. The van der Waals surface area contributed by atoms with Crippen LogP contribution in [-0.2, 0) is 13.6 Å². The summed E-state index contributed by atoms with van der Waals surface area (Å²) in [5, 5.41) is 0. The van der Waals surface area contributed by atoms with Crippen molar-refractivity contribution in [1.29, 1.82) is 0 Å². The van der Waals surface area contributed by atoms with Crippen molar-refractivity contribution in [2.24, 2.45) is 0 Å². The number of halogens is 5. The van der Waals surface area contributed by atoms with Gasteiger partial charge in [-0.3, -0.25) is 9.05 Å². The lowest BCUT2D eigenvalue weighted by Crippen LogP contribution is -2.40. The fourth-order valence-electron chi connectivity index (χ4n) is 0.712. The van der Waals surface area contributed by atoms with E-state index in [4.69, 9.17) is 4.89 Å². The highest BCUT2D eigenvalue weighted by molar-refractivity contribution is 7.47. The van der Waals surface area contributed by atoms with Crippen molar-refractivity contribution in [1.82, 2.24) is 0 Å². The normalized spacial score (nSPS) is 17.3. The van der Waals surface area contributed by atoms with Gasteiger partial charge in [-0.15, -0.1) is 0 Å². The molecule has 0 rings (SSSR count). The van der Waals surface area contributed by atoms with E-state index in [0.29, 0.717) is 4.48 Å². The number of nitrogens with zero attached hydrogens (tertiary/aromatic N) is 1. The quantitative estimate of drug-likeness (QED) is 0.443. The van der Waals surface area contributed by atoms with Crippen LogP contribution in [0.25, 0.3) is 0 Å². The number of alkyl halides is 5. The van der Waals surface area contributed by atoms with Crippen LogP contribution in [0.5, 0.6) is 0 Å². The Morgan fingerprint density at radius 3 is 1.95 bits per heavy atom. The van der Waals surface area contributed by atoms with Crippen LogP contribution in [-0.4, -0.2) is 62.4 Å². The molecule has 116 valence electrons. The van der Waals surface area contributed by atoms with Crippen molar-refractivity contribution in [3.05, 3.63) is 0 Å². The molecule has 0 radical (unpaired) electrons. The number of hydrogen-bond acceptors (Lipinski definition) is 3. The van der Waals surface area contributed by atoms with Crippen molar-refractivity contribution >= 4 is 7.82 Å². The molecule has 0 fully saturated rings. The van der Waals surface area contributed by atoms with Gasteiger partial charge in [-0.1, -0.05) is 0 Å². The van der Waals surface area contributed by atoms with E-state index in [1.54, 1.807) is 21.1 Å². The van der Waals surface area contributed by atoms with Gasteiger partial charge in [-0.2, -0.15) is 22.0 Å². The van der Waals surface area contributed by atoms with Crippen LogP contribution < -0.4 is 0 Å². The van der Waals surface area contributed by atoms with Crippen LogP contribution in [0.4, 0.5) is 22.0 Å². The second-order valence-electron chi connectivity index (χ2n) is 4.79. The van der Waals surface area contributed by atoms with Crippen LogP contribution in [0, 0.1) is 0 Å². The first-order valence-corrected chi connectivity index (χ1v) is 6.53. The molecule has 0 aliphatic carbocycles. The lowest BCUT2D eigenvalue weighted by molar-refractivity contribution is -0.870. The number of quaternary nitrogens is 1. The zero-order valence-corrected chi connectivity index (χ0v) is 11.5. The minimum absolute atomic E-state index is 0.240. The summed E-state index contributed by atoms with van der Waals surface area (Å²) >= 11 is 0. The maximum atomic E-state index is 12.4. The molecule has 5 nitrogen and oxygen atoms in total. The Labute approximate surface area is 107 Å². The van der Waals surface area contributed by atoms with E-state index in [1.165, 1.54) is 0 Å². The monoisotopic (exact) mass is 316 g/mol. The molecule has 0 aliphatic rings. The maximum absolute atomic E-state index is 12.4. The van der Waals surface area contributed by atoms with Gasteiger partial charge in [0.05, 0.1) is 21.1 Å². The van der Waals surface area contributed by atoms with E-state index in [1.807, 2.05) is 0 Å². The first-order valence-electron chi connectivity index (χ1n) is 5.03. The molecule has 0 amide bonds. The van der Waals surface area contributed by atoms with Gasteiger partial charge in [0.15, 0.2) is 0 Å². The van der Waals surface area contributed by atoms with Gasteiger partial charge in [-0.05, 0) is 0 Å². The highest BCUT2D eigenvalue weighted by atomic mass is 31.2. The lowest BCUT2D eigenvalue weighted by Gasteiger charge is -2.24. The first kappa shape index (κ1) is 18.7. The predicted molar refractivity (Wildman–Crippen MR) is 55.6 cm³/mol. The molecule has 0 aromatic rings. The molecule has 0 saturated carbocycles. The van der Waals surface area contributed by atoms with E-state index in [-0.39, 0.29) is 13.2 Å². The molecule has 0 aromatic heterocycles. The van der Waals surface area contributed by atoms with Crippen LogP contribution >= 0.6 is 7.82 Å². The molecule has 11 heteroatoms. The summed E-state index contributed by atoms with van der Waals surface area (Å²) in [6.07, 6.45) is -5.85. The zero-order chi connectivity index (χ0) is 15.5. The van der Waals surface area contributed by atoms with Gasteiger partial charge in [-0.25, -0.2) is 4.57 Å². The van der Waals surface area contributed by atoms with Gasteiger partial charge in [0.1, 0.15) is 19.8 Å². The smallest absolute Gasteiger partial charge is 0.329 e. The van der Waals surface area contributed by atoms with Gasteiger partial charge in [0.2, 0.25) is 0 Å². The van der Waals surface area contributed by atoms with Crippen LogP contribution in [0.3, 0.4) is 0 Å². The molecule has 1 unspecified atom stereocenters. The van der Waals surface area contributed by atoms with Gasteiger partial charge >= 0.3 is 19.9 Å². The molecule has 0 aliphatic heterocycles. The third-order valence-electron chi connectivity index (χ3n) is 1.84. The maximum Gasteiger partial charge on any atom is 0.472 e. The molecule has 1 N–H and O–H groups in total. The molecule has 0 aromatic carbocycles. The number of rotatable bonds is 7. The topological polar surface area (TPSA) is 55.8 Å². The Morgan fingerprint density at radius 2 is 1.58 bits per heavy atom. The zero-order valence-electron chi connectivity index (χ0n) is 10.6. The molecular weight excluding hydrogens is 300 g/mol. The SMILES string of the molecule is C[N+](C)(C)CCOP(=O)(O)OCC(F)(F)C(F)(F)F. The number of phosphoric ester groups is 1. The van der Waals surface area contributed by atoms with E-state index < -0.39 is 26.5 Å². The first-order chi connectivity index (χ1) is 8.16. The summed E-state index contributed by atoms with van der Waals surface area (Å²) in [6, 6.07) is 0. The fraction of sp³-hybridized carbons (Fsp3) is 1.00. The van der Waals surface area contributed by atoms with Crippen molar-refractivity contribution in [2.75, 3.05) is 40.9 Å². The third kappa shape index (κ3) is 7.78. The van der Waals surface area contributed by atoms with Crippen LogP contribution in [0.2, 0.25) is 0 Å². The van der Waals surface area contributed by atoms with Gasteiger partial charge in [0.25, 0.3) is 0 Å². The van der Waals surface area contributed by atoms with E-state index >= 15 is 0 Å². The molecule has 0 saturated heterocycles. The Morgan fingerprint density at radius 1 is 1.11 bits per heavy atom. The average molecular weight is 316 g/mol. The van der Waals surface area contributed by atoms with Crippen molar-refractivity contribution < 1.29 is 44.9 Å². The van der Waals surface area contributed by atoms with E-state index in [9.17, 15) is 26.5 Å². The van der Waals surface area contributed by atoms with Crippen molar-refractivity contribution in [3.63, 3.8) is 0 Å². The highest BCUT2D eigenvalue weighted by Gasteiger charge is 2.58. The lowest BCUT2D eigenvalue weighted by atomic mass is 10.3. The number of likely N-dealkylation sites (N-methyl/N-ethyl adjacent to an activating group) is 1. The summed E-state index contributed by atoms with van der Waals surface area (Å²) in [4.78, 5) is 8.94. The van der Waals surface area contributed by atoms with Crippen LogP contribution in [0.1, 0.15) is 0 Å². The van der Waals surface area contributed by atoms with Crippen molar-refractivity contribution in [2.45, 2.75) is 12.1 Å². The predicted octanol–water partition coefficient (Wildman–Crippen LogP) is 2.02. The summed E-state index contributed by atoms with van der Waals surface area (Å²) in [6.45, 7) is -2.35. The molecule has 0 heterocycles. The molecule has 0 bridgehead atoms. The summed E-state index contributed by atoms with van der Waals surface area (Å²) in [5.41, 5.74) is 0. The van der Waals surface area contributed by atoms with Gasteiger partial charge in [0, 0.05) is 0 Å². The molecule has 19 heavy (non-hydrogen) atoms. The molecule has 1 atom stereocenters. The number of hydrogen-bond donors (Lipinski definition) is 1. The van der Waals surface area contributed by atoms with Crippen LogP contribution in [0.15, 0.2) is 0 Å². The minimum Gasteiger partial charge on any atom is -0.329 e. The Bertz CT molecular complexity index is 341. The standard InChI is InChI=1S/C8H15F5NO4P/c1-14(2,3)4-5-17-19(15,16)18-6-7(9,10)8(11,12)13/h4-6H2,1-3H3/p+1. The van der Waals surface area contributed by atoms with E-state index in [2.05, 4.69) is 9.05 Å². The average Bonchev–Trinajstić information content (AvgIpc) is 2.10. The third-order valence-corrected chi connectivity index (χ3v) is 2.80. The molecular formula is C8H16F5NO4P+. The second kappa shape index (κ2) is 6.01. The van der Waals surface area contributed by atoms with E-state index in [0.717, 1.165) is 0 Å². The van der Waals surface area contributed by atoms with Crippen molar-refractivity contribution in [3.8, 4) is 0 Å². The summed E-state index contributed by atoms with van der Waals surface area (Å²) < 4.78 is 79.5. The Hall–Kier alpha value is -0.280. The largest absolute Gasteiger partial charge is 0.472 e. The number of phosphoric acid groups is 1. The highest BCUT2D eigenvalue weighted by Crippen LogP contribution is 2.46. The van der Waals surface area contributed by atoms with Gasteiger partial charge < -0.3 is 9.38 Å².